The highest BCUT2D eigenvalue weighted by Gasteiger charge is 1.97. The van der Waals surface area contributed by atoms with Gasteiger partial charge in [-0.05, 0) is 41.5 Å². The van der Waals surface area contributed by atoms with Crippen LogP contribution in [-0.2, 0) is 9.59 Å². The van der Waals surface area contributed by atoms with Gasteiger partial charge >= 0.3 is 0 Å². The maximum absolute atomic E-state index is 9.81. The van der Waals surface area contributed by atoms with E-state index in [0.29, 0.717) is 6.42 Å². The first kappa shape index (κ1) is 24.5. The highest BCUT2D eigenvalue weighted by atomic mass is 16.3. The number of Topliss-reactive ketones (excluding diaryl/α,β-unsaturated/α-hetero) is 2. The van der Waals surface area contributed by atoms with Gasteiger partial charge < -0.3 is 19.8 Å². The third-order valence-electron chi connectivity index (χ3n) is 0.498. The fourth-order valence-electron chi connectivity index (χ4n) is 0. The van der Waals surface area contributed by atoms with Gasteiger partial charge in [-0.3, -0.25) is 0 Å². The Bertz CT molecular complexity index is 147. The third kappa shape index (κ3) is 1260. The maximum atomic E-state index is 9.81. The van der Waals surface area contributed by atoms with Crippen molar-refractivity contribution in [3.05, 3.63) is 0 Å². The average Bonchev–Trinajstić information content (AvgIpc) is 2.04. The quantitative estimate of drug-likeness (QED) is 0.730. The Morgan fingerprint density at radius 2 is 1.06 bits per heavy atom. The zero-order chi connectivity index (χ0) is 14.4. The molecule has 0 rings (SSSR count). The minimum atomic E-state index is -0.500. The molecule has 0 bridgehead atoms. The molecule has 0 aliphatic rings. The summed E-state index contributed by atoms with van der Waals surface area (Å²) in [5.74, 6) is 0.421. The van der Waals surface area contributed by atoms with Crippen LogP contribution in [0.1, 0.15) is 54.9 Å². The van der Waals surface area contributed by atoms with E-state index in [-0.39, 0.29) is 11.6 Å². The fourth-order valence-corrected chi connectivity index (χ4v) is 0. The van der Waals surface area contributed by atoms with Crippen LogP contribution >= 0.6 is 0 Å². The summed E-state index contributed by atoms with van der Waals surface area (Å²) in [4.78, 5) is 19.3. The van der Waals surface area contributed by atoms with Crippen molar-refractivity contribution in [2.45, 2.75) is 60.5 Å². The molecule has 0 aromatic carbocycles. The predicted molar refractivity (Wildman–Crippen MR) is 67.4 cm³/mol. The van der Waals surface area contributed by atoms with Crippen molar-refractivity contribution < 1.29 is 19.8 Å². The molecule has 100 valence electrons. The summed E-state index contributed by atoms with van der Waals surface area (Å²) in [6, 6.07) is 0. The van der Waals surface area contributed by atoms with Gasteiger partial charge in [0, 0.05) is 13.5 Å². The Kier molecular flexibility index (Phi) is 25.5. The van der Waals surface area contributed by atoms with Gasteiger partial charge in [0.15, 0.2) is 0 Å². The lowest BCUT2D eigenvalue weighted by Crippen LogP contribution is -2.10. The molecule has 0 radical (unpaired) electrons. The molecule has 0 heterocycles. The molecule has 0 unspecified atom stereocenters. The Hall–Kier alpha value is -0.740. The lowest BCUT2D eigenvalue weighted by atomic mass is 10.2. The molecule has 0 spiro atoms. The van der Waals surface area contributed by atoms with Crippen molar-refractivity contribution in [2.24, 2.45) is 0 Å². The van der Waals surface area contributed by atoms with E-state index in [0.717, 1.165) is 7.11 Å². The van der Waals surface area contributed by atoms with Crippen LogP contribution in [0.3, 0.4) is 0 Å². The van der Waals surface area contributed by atoms with E-state index in [1.807, 2.05) is 6.92 Å². The summed E-state index contributed by atoms with van der Waals surface area (Å²) >= 11 is 0. The van der Waals surface area contributed by atoms with Gasteiger partial charge in [-0.2, -0.15) is 0 Å². The van der Waals surface area contributed by atoms with Crippen LogP contribution in [0.4, 0.5) is 0 Å². The fraction of sp³-hybridized carbons (Fsp3) is 0.833. The highest BCUT2D eigenvalue weighted by Crippen LogP contribution is 1.93. The summed E-state index contributed by atoms with van der Waals surface area (Å²) in [6.07, 6.45) is 0.667. The second kappa shape index (κ2) is 16.7. The minimum absolute atomic E-state index is 0.167. The van der Waals surface area contributed by atoms with E-state index >= 15 is 0 Å². The molecular formula is C12H28O4. The summed E-state index contributed by atoms with van der Waals surface area (Å²) in [5, 5.41) is 15.5. The lowest BCUT2D eigenvalue weighted by Gasteiger charge is -2.04. The molecular weight excluding hydrogens is 208 g/mol. The molecule has 0 saturated heterocycles. The number of carbonyl (C=O) groups is 2. The first-order valence-corrected chi connectivity index (χ1v) is 5.14. The number of ketones is 2. The predicted octanol–water partition coefficient (Wildman–Crippen LogP) is 1.97. The minimum Gasteiger partial charge on any atom is -0.400 e. The zero-order valence-corrected chi connectivity index (χ0v) is 11.9. The molecule has 4 heteroatoms. The van der Waals surface area contributed by atoms with Gasteiger partial charge in [0.05, 0.1) is 5.60 Å². The summed E-state index contributed by atoms with van der Waals surface area (Å²) in [5.41, 5.74) is -0.500. The molecule has 0 saturated carbocycles. The van der Waals surface area contributed by atoms with Crippen molar-refractivity contribution >= 4 is 11.6 Å². The summed E-state index contributed by atoms with van der Waals surface area (Å²) in [7, 11) is 1.00. The topological polar surface area (TPSA) is 74.6 Å². The van der Waals surface area contributed by atoms with Gasteiger partial charge in [-0.1, -0.05) is 6.92 Å². The van der Waals surface area contributed by atoms with Gasteiger partial charge in [0.2, 0.25) is 0 Å². The molecule has 0 aliphatic carbocycles. The lowest BCUT2D eigenvalue weighted by molar-refractivity contribution is -0.117. The molecule has 0 fully saturated rings. The summed E-state index contributed by atoms with van der Waals surface area (Å²) < 4.78 is 0. The van der Waals surface area contributed by atoms with Crippen LogP contribution < -0.4 is 0 Å². The Labute approximate surface area is 99.7 Å². The number of carbonyl (C=O) groups excluding carboxylic acids is 2. The van der Waals surface area contributed by atoms with E-state index in [1.165, 1.54) is 13.8 Å². The van der Waals surface area contributed by atoms with Crippen molar-refractivity contribution in [1.29, 1.82) is 0 Å². The van der Waals surface area contributed by atoms with Gasteiger partial charge in [0.25, 0.3) is 0 Å². The van der Waals surface area contributed by atoms with E-state index in [2.05, 4.69) is 0 Å². The monoisotopic (exact) mass is 236 g/mol. The summed E-state index contributed by atoms with van der Waals surface area (Å²) in [6.45, 7) is 11.7. The molecule has 16 heavy (non-hydrogen) atoms. The average molecular weight is 236 g/mol. The van der Waals surface area contributed by atoms with Crippen LogP contribution in [0.25, 0.3) is 0 Å². The first-order valence-electron chi connectivity index (χ1n) is 5.14. The molecule has 0 amide bonds. The van der Waals surface area contributed by atoms with E-state index in [1.54, 1.807) is 27.7 Å². The maximum Gasteiger partial charge on any atom is 0.129 e. The highest BCUT2D eigenvalue weighted by molar-refractivity contribution is 5.74. The number of rotatable bonds is 1. The first-order chi connectivity index (χ1) is 7.00. The van der Waals surface area contributed by atoms with Crippen molar-refractivity contribution in [2.75, 3.05) is 7.11 Å². The smallest absolute Gasteiger partial charge is 0.129 e. The van der Waals surface area contributed by atoms with Crippen molar-refractivity contribution in [3.8, 4) is 0 Å². The van der Waals surface area contributed by atoms with Crippen LogP contribution in [-0.4, -0.2) is 34.5 Å². The second-order valence-electron chi connectivity index (χ2n) is 4.13. The number of aliphatic hydroxyl groups is 2. The standard InChI is InChI=1S/C4H10O.C4H8O.C3H6O.CH4O/c1-4(2,3)5;1-3-4(2)5;1-3(2)4;1-2/h5H,1-3H3;3H2,1-2H3;1-2H3;2H,1H3. The van der Waals surface area contributed by atoms with Crippen molar-refractivity contribution in [3.63, 3.8) is 0 Å². The third-order valence-corrected chi connectivity index (χ3v) is 0.498. The number of hydrogen-bond donors (Lipinski definition) is 2. The van der Waals surface area contributed by atoms with E-state index in [4.69, 9.17) is 10.2 Å². The molecule has 0 aromatic heterocycles. The Morgan fingerprint density at radius 1 is 1.00 bits per heavy atom. The van der Waals surface area contributed by atoms with Gasteiger partial charge in [0.1, 0.15) is 11.6 Å². The molecule has 4 nitrogen and oxygen atoms in total. The Balaban J connectivity index is -0.0000000629. The van der Waals surface area contributed by atoms with Gasteiger partial charge in [-0.25, -0.2) is 0 Å². The Morgan fingerprint density at radius 3 is 1.06 bits per heavy atom. The molecule has 2 N–H and O–H groups in total. The number of aliphatic hydroxyl groups excluding tert-OH is 1. The second-order valence-corrected chi connectivity index (χ2v) is 4.13. The number of hydrogen-bond acceptors (Lipinski definition) is 4. The van der Waals surface area contributed by atoms with Crippen LogP contribution in [0.2, 0.25) is 0 Å². The van der Waals surface area contributed by atoms with E-state index in [9.17, 15) is 9.59 Å². The zero-order valence-electron chi connectivity index (χ0n) is 11.9. The SMILES string of the molecule is CC(C)(C)O.CC(C)=O.CCC(C)=O.CO. The van der Waals surface area contributed by atoms with Gasteiger partial charge in [-0.15, -0.1) is 0 Å². The molecule has 0 atom stereocenters. The molecule has 0 aliphatic heterocycles. The van der Waals surface area contributed by atoms with Crippen LogP contribution in [0.5, 0.6) is 0 Å². The molecule has 0 aromatic rings. The largest absolute Gasteiger partial charge is 0.400 e. The van der Waals surface area contributed by atoms with Crippen molar-refractivity contribution in [1.82, 2.24) is 0 Å². The van der Waals surface area contributed by atoms with Crippen LogP contribution in [0, 0.1) is 0 Å². The van der Waals surface area contributed by atoms with E-state index < -0.39 is 5.60 Å². The normalized spacial score (nSPS) is 8.12. The van der Waals surface area contributed by atoms with Crippen LogP contribution in [0.15, 0.2) is 0 Å².